The molecular weight excluding hydrogens is 215 g/mol. The van der Waals surface area contributed by atoms with Crippen LogP contribution in [-0.4, -0.2) is 20.7 Å². The van der Waals surface area contributed by atoms with Crippen molar-refractivity contribution in [2.24, 2.45) is 0 Å². The molecule has 2 heteroatoms. The van der Waals surface area contributed by atoms with Gasteiger partial charge in [0.25, 0.3) is 0 Å². The Morgan fingerprint density at radius 1 is 1.33 bits per heavy atom. The minimum atomic E-state index is 0.208. The molecule has 1 aromatic carbocycles. The molecule has 0 aliphatic carbocycles. The van der Waals surface area contributed by atoms with Crippen molar-refractivity contribution in [1.29, 1.82) is 0 Å². The first-order valence-corrected chi connectivity index (χ1v) is 6.58. The van der Waals surface area contributed by atoms with E-state index in [9.17, 15) is 4.79 Å². The minimum absolute atomic E-state index is 0.208. The summed E-state index contributed by atoms with van der Waals surface area (Å²) in [6, 6.07) is 9.50. The molecule has 1 atom stereocenters. The quantitative estimate of drug-likeness (QED) is 0.572. The van der Waals surface area contributed by atoms with Crippen LogP contribution in [0.25, 0.3) is 0 Å². The van der Waals surface area contributed by atoms with Crippen LogP contribution in [0.4, 0.5) is 0 Å². The summed E-state index contributed by atoms with van der Waals surface area (Å²) < 4.78 is 0. The number of Topliss-reactive ketones (excluding diaryl/α,β-unsaturated/α-hetero) is 1. The SMILES string of the molecule is C[Se]C(C)C(=O)c1ccccc1. The Morgan fingerprint density at radius 2 is 1.92 bits per heavy atom. The molecule has 0 aromatic heterocycles. The van der Waals surface area contributed by atoms with Gasteiger partial charge in [0, 0.05) is 0 Å². The molecule has 1 rings (SSSR count). The van der Waals surface area contributed by atoms with Gasteiger partial charge in [0.1, 0.15) is 0 Å². The monoisotopic (exact) mass is 228 g/mol. The van der Waals surface area contributed by atoms with Crippen molar-refractivity contribution in [2.75, 3.05) is 0 Å². The molecule has 0 saturated heterocycles. The van der Waals surface area contributed by atoms with Gasteiger partial charge in [-0.25, -0.2) is 0 Å². The number of rotatable bonds is 3. The van der Waals surface area contributed by atoms with E-state index in [1.54, 1.807) is 0 Å². The van der Waals surface area contributed by atoms with Crippen molar-refractivity contribution in [3.63, 3.8) is 0 Å². The molecule has 1 nitrogen and oxygen atoms in total. The second-order valence-electron chi connectivity index (χ2n) is 2.61. The van der Waals surface area contributed by atoms with Crippen LogP contribution >= 0.6 is 0 Å². The Hall–Kier alpha value is -0.591. The zero-order valence-electron chi connectivity index (χ0n) is 7.28. The van der Waals surface area contributed by atoms with Gasteiger partial charge in [0.2, 0.25) is 0 Å². The van der Waals surface area contributed by atoms with Crippen molar-refractivity contribution in [2.45, 2.75) is 17.6 Å². The number of carbonyl (C=O) groups is 1. The Bertz CT molecular complexity index is 256. The number of carbonyl (C=O) groups excluding carboxylic acids is 1. The number of hydrogen-bond acceptors (Lipinski definition) is 1. The Morgan fingerprint density at radius 3 is 2.42 bits per heavy atom. The number of benzene rings is 1. The maximum atomic E-state index is 11.6. The molecule has 0 saturated carbocycles. The molecule has 0 heterocycles. The predicted octanol–water partition coefficient (Wildman–Crippen LogP) is 2.43. The van der Waals surface area contributed by atoms with E-state index in [0.717, 1.165) is 5.56 Å². The maximum absolute atomic E-state index is 11.6. The van der Waals surface area contributed by atoms with Gasteiger partial charge in [0.15, 0.2) is 0 Å². The van der Waals surface area contributed by atoms with Gasteiger partial charge in [0.05, 0.1) is 0 Å². The topological polar surface area (TPSA) is 17.1 Å². The first kappa shape index (κ1) is 9.50. The molecule has 0 fully saturated rings. The summed E-state index contributed by atoms with van der Waals surface area (Å²) in [7, 11) is 0. The third-order valence-electron chi connectivity index (χ3n) is 1.78. The summed E-state index contributed by atoms with van der Waals surface area (Å²) in [5, 5.41) is 0. The van der Waals surface area contributed by atoms with Crippen LogP contribution in [-0.2, 0) is 0 Å². The molecule has 12 heavy (non-hydrogen) atoms. The van der Waals surface area contributed by atoms with E-state index in [4.69, 9.17) is 0 Å². The van der Waals surface area contributed by atoms with E-state index in [2.05, 4.69) is 5.82 Å². The van der Waals surface area contributed by atoms with Crippen LogP contribution in [0.3, 0.4) is 0 Å². The predicted molar refractivity (Wildman–Crippen MR) is 51.8 cm³/mol. The molecule has 0 spiro atoms. The number of ketones is 1. The van der Waals surface area contributed by atoms with Crippen molar-refractivity contribution in [1.82, 2.24) is 0 Å². The van der Waals surface area contributed by atoms with Crippen molar-refractivity contribution in [3.8, 4) is 0 Å². The van der Waals surface area contributed by atoms with Gasteiger partial charge in [-0.05, 0) is 0 Å². The average molecular weight is 227 g/mol. The Labute approximate surface area is 79.3 Å². The van der Waals surface area contributed by atoms with E-state index in [-0.39, 0.29) is 10.6 Å². The standard InChI is InChI=1S/C10H12OSe/c1-8(12-2)10(11)9-6-4-3-5-7-9/h3-8H,1-2H3. The summed E-state index contributed by atoms with van der Waals surface area (Å²) in [6.45, 7) is 2.00. The second kappa shape index (κ2) is 4.44. The molecule has 0 amide bonds. The number of hydrogen-bond donors (Lipinski definition) is 0. The van der Waals surface area contributed by atoms with Gasteiger partial charge < -0.3 is 0 Å². The van der Waals surface area contributed by atoms with Gasteiger partial charge in [-0.15, -0.1) is 0 Å². The zero-order chi connectivity index (χ0) is 8.97. The Balaban J connectivity index is 2.79. The van der Waals surface area contributed by atoms with E-state index < -0.39 is 0 Å². The molecule has 0 radical (unpaired) electrons. The third-order valence-corrected chi connectivity index (χ3v) is 3.71. The van der Waals surface area contributed by atoms with Crippen molar-refractivity contribution >= 4 is 20.7 Å². The fourth-order valence-corrected chi connectivity index (χ4v) is 1.68. The van der Waals surface area contributed by atoms with Crippen LogP contribution in [0.2, 0.25) is 10.6 Å². The molecule has 0 aliphatic heterocycles. The van der Waals surface area contributed by atoms with Gasteiger partial charge in [-0.1, -0.05) is 0 Å². The van der Waals surface area contributed by atoms with Crippen LogP contribution in [0.1, 0.15) is 17.3 Å². The summed E-state index contributed by atoms with van der Waals surface area (Å²) in [5.41, 5.74) is 0.841. The van der Waals surface area contributed by atoms with Gasteiger partial charge >= 0.3 is 79.0 Å². The second-order valence-corrected chi connectivity index (χ2v) is 5.08. The average Bonchev–Trinajstić information content (AvgIpc) is 2.17. The molecule has 0 N–H and O–H groups in total. The molecule has 64 valence electrons. The fraction of sp³-hybridized carbons (Fsp3) is 0.300. The Kier molecular flexibility index (Phi) is 3.51. The van der Waals surface area contributed by atoms with Crippen LogP contribution in [0.15, 0.2) is 30.3 Å². The molecule has 1 aromatic rings. The first-order chi connectivity index (χ1) is 5.75. The molecule has 0 aliphatic rings. The van der Waals surface area contributed by atoms with Crippen molar-refractivity contribution in [3.05, 3.63) is 35.9 Å². The zero-order valence-corrected chi connectivity index (χ0v) is 8.99. The van der Waals surface area contributed by atoms with Crippen LogP contribution in [0.5, 0.6) is 0 Å². The normalized spacial score (nSPS) is 12.5. The van der Waals surface area contributed by atoms with E-state index in [1.165, 1.54) is 0 Å². The fourth-order valence-electron chi connectivity index (χ4n) is 0.944. The van der Waals surface area contributed by atoms with Crippen molar-refractivity contribution < 1.29 is 4.79 Å². The summed E-state index contributed by atoms with van der Waals surface area (Å²) >= 11 is 0.410. The molecule has 0 bridgehead atoms. The summed E-state index contributed by atoms with van der Waals surface area (Å²) in [6.07, 6.45) is 0. The van der Waals surface area contributed by atoms with Crippen LogP contribution < -0.4 is 0 Å². The summed E-state index contributed by atoms with van der Waals surface area (Å²) in [4.78, 5) is 11.8. The van der Waals surface area contributed by atoms with Gasteiger partial charge in [-0.3, -0.25) is 0 Å². The summed E-state index contributed by atoms with van der Waals surface area (Å²) in [5.74, 6) is 2.37. The van der Waals surface area contributed by atoms with Crippen LogP contribution in [0, 0.1) is 0 Å². The first-order valence-electron chi connectivity index (χ1n) is 3.87. The molecule has 1 unspecified atom stereocenters. The van der Waals surface area contributed by atoms with E-state index in [1.807, 2.05) is 37.3 Å². The third kappa shape index (κ3) is 2.20. The molecular formula is C10H12OSe. The van der Waals surface area contributed by atoms with E-state index >= 15 is 0 Å². The van der Waals surface area contributed by atoms with E-state index in [0.29, 0.717) is 15.0 Å². The van der Waals surface area contributed by atoms with Gasteiger partial charge in [-0.2, -0.15) is 0 Å².